The minimum atomic E-state index is -3.87. The van der Waals surface area contributed by atoms with Crippen LogP contribution in [0.3, 0.4) is 0 Å². The molecule has 0 spiro atoms. The highest BCUT2D eigenvalue weighted by Crippen LogP contribution is 2.27. The van der Waals surface area contributed by atoms with Gasteiger partial charge in [-0.3, -0.25) is 4.79 Å². The van der Waals surface area contributed by atoms with Crippen LogP contribution in [0, 0.1) is 6.92 Å². The third-order valence-electron chi connectivity index (χ3n) is 3.10. The molecule has 0 fully saturated rings. The average molecular weight is 350 g/mol. The van der Waals surface area contributed by atoms with Gasteiger partial charge in [-0.15, -0.1) is 0 Å². The summed E-state index contributed by atoms with van der Waals surface area (Å²) in [6.07, 6.45) is 0. The fraction of sp³-hybridized carbons (Fsp3) is 0.417. The number of carboxylic acids is 1. The van der Waals surface area contributed by atoms with Crippen LogP contribution in [0.2, 0.25) is 0 Å². The highest BCUT2D eigenvalue weighted by atomic mass is 79.9. The van der Waals surface area contributed by atoms with Gasteiger partial charge in [-0.1, -0.05) is 22.0 Å². The minimum absolute atomic E-state index is 0.0960. The van der Waals surface area contributed by atoms with Crippen LogP contribution in [-0.4, -0.2) is 36.4 Å². The van der Waals surface area contributed by atoms with Crippen molar-refractivity contribution in [3.8, 4) is 0 Å². The highest BCUT2D eigenvalue weighted by molar-refractivity contribution is 9.10. The molecule has 0 saturated heterocycles. The summed E-state index contributed by atoms with van der Waals surface area (Å²) in [5, 5.41) is 9.13. The monoisotopic (exact) mass is 349 g/mol. The van der Waals surface area contributed by atoms with Crippen LogP contribution in [-0.2, 0) is 14.8 Å². The third kappa shape index (κ3) is 2.98. The van der Waals surface area contributed by atoms with Gasteiger partial charge in [0.2, 0.25) is 10.0 Å². The molecule has 19 heavy (non-hydrogen) atoms. The molecule has 0 saturated carbocycles. The maximum atomic E-state index is 12.5. The van der Waals surface area contributed by atoms with Crippen LogP contribution in [0.25, 0.3) is 0 Å². The SMILES string of the molecule is Cc1ccc(Br)cc1S(=O)(=O)N(C)C(C)(C)C(=O)O. The third-order valence-corrected chi connectivity index (χ3v) is 5.77. The summed E-state index contributed by atoms with van der Waals surface area (Å²) in [5.41, 5.74) is -0.954. The lowest BCUT2D eigenvalue weighted by atomic mass is 10.1. The lowest BCUT2D eigenvalue weighted by Crippen LogP contribution is -2.50. The number of carbonyl (C=O) groups is 1. The summed E-state index contributed by atoms with van der Waals surface area (Å²) in [4.78, 5) is 11.3. The number of halogens is 1. The van der Waals surface area contributed by atoms with Gasteiger partial charge in [0.05, 0.1) is 4.90 Å². The highest BCUT2D eigenvalue weighted by Gasteiger charge is 2.40. The lowest BCUT2D eigenvalue weighted by Gasteiger charge is -2.31. The normalized spacial score (nSPS) is 12.7. The Balaban J connectivity index is 3.40. The van der Waals surface area contributed by atoms with Crippen molar-refractivity contribution in [2.75, 3.05) is 7.05 Å². The molecule has 0 unspecified atom stereocenters. The van der Waals surface area contributed by atoms with Gasteiger partial charge in [-0.05, 0) is 38.5 Å². The largest absolute Gasteiger partial charge is 0.480 e. The van der Waals surface area contributed by atoms with Crippen LogP contribution in [0.15, 0.2) is 27.6 Å². The number of carboxylic acid groups (broad SMARTS) is 1. The van der Waals surface area contributed by atoms with Crippen molar-refractivity contribution < 1.29 is 18.3 Å². The topological polar surface area (TPSA) is 74.7 Å². The van der Waals surface area contributed by atoms with E-state index in [-0.39, 0.29) is 4.90 Å². The van der Waals surface area contributed by atoms with Crippen LogP contribution < -0.4 is 0 Å². The molecule has 0 heterocycles. The Labute approximate surface area is 121 Å². The number of sulfonamides is 1. The molecule has 1 N–H and O–H groups in total. The Morgan fingerprint density at radius 3 is 2.37 bits per heavy atom. The van der Waals surface area contributed by atoms with Gasteiger partial charge in [0, 0.05) is 11.5 Å². The van der Waals surface area contributed by atoms with E-state index in [0.717, 1.165) is 4.31 Å². The second kappa shape index (κ2) is 5.22. The molecule has 0 aliphatic heterocycles. The number of rotatable bonds is 4. The van der Waals surface area contributed by atoms with Gasteiger partial charge in [-0.25, -0.2) is 8.42 Å². The van der Waals surface area contributed by atoms with Crippen LogP contribution in [0.4, 0.5) is 0 Å². The standard InChI is InChI=1S/C12H16BrNO4S/c1-8-5-6-9(13)7-10(8)19(17,18)14(4)12(2,3)11(15)16/h5-7H,1-4H3,(H,15,16). The second-order valence-corrected chi connectivity index (χ2v) is 7.60. The summed E-state index contributed by atoms with van der Waals surface area (Å²) in [6, 6.07) is 4.87. The molecule has 0 atom stereocenters. The minimum Gasteiger partial charge on any atom is -0.480 e. The molecule has 7 heteroatoms. The summed E-state index contributed by atoms with van der Waals surface area (Å²) in [7, 11) is -2.60. The molecule has 0 radical (unpaired) electrons. The van der Waals surface area contributed by atoms with E-state index in [4.69, 9.17) is 5.11 Å². The van der Waals surface area contributed by atoms with E-state index >= 15 is 0 Å². The van der Waals surface area contributed by atoms with Crippen molar-refractivity contribution in [3.05, 3.63) is 28.2 Å². The number of likely N-dealkylation sites (N-methyl/N-ethyl adjacent to an activating group) is 1. The smallest absolute Gasteiger partial charge is 0.324 e. The van der Waals surface area contributed by atoms with Crippen molar-refractivity contribution in [2.45, 2.75) is 31.2 Å². The first-order chi connectivity index (χ1) is 8.51. The van der Waals surface area contributed by atoms with Gasteiger partial charge in [-0.2, -0.15) is 4.31 Å². The Bertz CT molecular complexity index is 610. The summed E-state index contributed by atoms with van der Waals surface area (Å²) in [5.74, 6) is -1.20. The van der Waals surface area contributed by atoms with Crippen LogP contribution in [0.1, 0.15) is 19.4 Å². The Hall–Kier alpha value is -0.920. The number of benzene rings is 1. The number of aryl methyl sites for hydroxylation is 1. The van der Waals surface area contributed by atoms with Gasteiger partial charge < -0.3 is 5.11 Å². The fourth-order valence-electron chi connectivity index (χ4n) is 1.43. The maximum absolute atomic E-state index is 12.5. The number of aliphatic carboxylic acids is 1. The molecule has 1 aromatic carbocycles. The van der Waals surface area contributed by atoms with E-state index in [2.05, 4.69) is 15.9 Å². The number of nitrogens with zero attached hydrogens (tertiary/aromatic N) is 1. The Morgan fingerprint density at radius 2 is 1.89 bits per heavy atom. The zero-order valence-electron chi connectivity index (χ0n) is 11.1. The second-order valence-electron chi connectivity index (χ2n) is 4.75. The first-order valence-corrected chi connectivity index (χ1v) is 7.73. The fourth-order valence-corrected chi connectivity index (χ4v) is 3.67. The van der Waals surface area contributed by atoms with Crippen LogP contribution >= 0.6 is 15.9 Å². The van der Waals surface area contributed by atoms with Gasteiger partial charge in [0.25, 0.3) is 0 Å². The molecule has 1 rings (SSSR count). The Morgan fingerprint density at radius 1 is 1.37 bits per heavy atom. The number of hydrogen-bond acceptors (Lipinski definition) is 3. The summed E-state index contributed by atoms with van der Waals surface area (Å²) < 4.78 is 26.5. The molecule has 5 nitrogen and oxygen atoms in total. The molecule has 106 valence electrons. The van der Waals surface area contributed by atoms with Gasteiger partial charge >= 0.3 is 5.97 Å². The Kier molecular flexibility index (Phi) is 4.44. The van der Waals surface area contributed by atoms with E-state index < -0.39 is 21.5 Å². The average Bonchev–Trinajstić information content (AvgIpc) is 2.30. The van der Waals surface area contributed by atoms with Crippen molar-refractivity contribution in [3.63, 3.8) is 0 Å². The molecular formula is C12H16BrNO4S. The lowest BCUT2D eigenvalue weighted by molar-refractivity contribution is -0.145. The predicted molar refractivity (Wildman–Crippen MR) is 75.5 cm³/mol. The van der Waals surface area contributed by atoms with E-state index in [1.165, 1.54) is 27.0 Å². The maximum Gasteiger partial charge on any atom is 0.324 e. The molecule has 0 bridgehead atoms. The molecule has 0 aliphatic rings. The van der Waals surface area contributed by atoms with Crippen molar-refractivity contribution in [2.24, 2.45) is 0 Å². The molecule has 1 aromatic rings. The van der Waals surface area contributed by atoms with Gasteiger partial charge in [0.15, 0.2) is 0 Å². The van der Waals surface area contributed by atoms with Crippen molar-refractivity contribution in [1.82, 2.24) is 4.31 Å². The van der Waals surface area contributed by atoms with Crippen LogP contribution in [0.5, 0.6) is 0 Å². The molecule has 0 aromatic heterocycles. The van der Waals surface area contributed by atoms with Gasteiger partial charge in [0.1, 0.15) is 5.54 Å². The first-order valence-electron chi connectivity index (χ1n) is 5.50. The first kappa shape index (κ1) is 16.1. The quantitative estimate of drug-likeness (QED) is 0.904. The molecule has 0 amide bonds. The van der Waals surface area contributed by atoms with E-state index in [1.807, 2.05) is 0 Å². The van der Waals surface area contributed by atoms with Crippen molar-refractivity contribution >= 4 is 31.9 Å². The molecule has 0 aliphatic carbocycles. The zero-order chi connectivity index (χ0) is 15.0. The zero-order valence-corrected chi connectivity index (χ0v) is 13.5. The molecular weight excluding hydrogens is 334 g/mol. The predicted octanol–water partition coefficient (Wildman–Crippen LogP) is 2.24. The van der Waals surface area contributed by atoms with E-state index in [9.17, 15) is 13.2 Å². The summed E-state index contributed by atoms with van der Waals surface area (Å²) in [6.45, 7) is 4.36. The van der Waals surface area contributed by atoms with E-state index in [0.29, 0.717) is 10.0 Å². The van der Waals surface area contributed by atoms with E-state index in [1.54, 1.807) is 19.1 Å². The number of hydrogen-bond donors (Lipinski definition) is 1. The van der Waals surface area contributed by atoms with Crippen molar-refractivity contribution in [1.29, 1.82) is 0 Å². The summed E-state index contributed by atoms with van der Waals surface area (Å²) >= 11 is 3.22.